The zero-order valence-corrected chi connectivity index (χ0v) is 20.0. The molecule has 0 bridgehead atoms. The number of nitriles is 1. The van der Waals surface area contributed by atoms with Gasteiger partial charge in [0.25, 0.3) is 5.91 Å². The summed E-state index contributed by atoms with van der Waals surface area (Å²) in [7, 11) is 1.53. The second-order valence-corrected chi connectivity index (χ2v) is 7.89. The standard InChI is InChI=1S/C25H23ClN4O3S/c1-32-23-16-22(33-14-6-5-13-27)20(26)15-21(23)30-25(34)29-19-11-9-18(10-12-19)28-24(31)17-7-3-2-4-8-17/h2-4,7-12,15-16H,5-6,14H2,1H3,(H,28,31)(H2,29,30,34). The minimum Gasteiger partial charge on any atom is -0.494 e. The van der Waals surface area contributed by atoms with Crippen LogP contribution in [0.5, 0.6) is 11.5 Å². The number of hydrogen-bond acceptors (Lipinski definition) is 5. The molecule has 0 unspecified atom stereocenters. The monoisotopic (exact) mass is 494 g/mol. The van der Waals surface area contributed by atoms with Gasteiger partial charge in [-0.05, 0) is 61.1 Å². The number of carbonyl (C=O) groups excluding carboxylic acids is 1. The molecule has 0 fully saturated rings. The number of amides is 1. The first-order valence-electron chi connectivity index (χ1n) is 10.4. The molecule has 0 saturated heterocycles. The number of carbonyl (C=O) groups is 1. The van der Waals surface area contributed by atoms with Crippen molar-refractivity contribution in [2.24, 2.45) is 0 Å². The molecule has 0 atom stereocenters. The second-order valence-electron chi connectivity index (χ2n) is 7.07. The van der Waals surface area contributed by atoms with Crippen LogP contribution in [0.15, 0.2) is 66.7 Å². The molecule has 0 aliphatic carbocycles. The fraction of sp³-hybridized carbons (Fsp3) is 0.160. The molecular formula is C25H23ClN4O3S. The minimum atomic E-state index is -0.181. The Labute approximate surface area is 208 Å². The third-order valence-electron chi connectivity index (χ3n) is 4.63. The Morgan fingerprint density at radius 3 is 2.32 bits per heavy atom. The maximum absolute atomic E-state index is 12.3. The van der Waals surface area contributed by atoms with Gasteiger partial charge in [-0.25, -0.2) is 0 Å². The van der Waals surface area contributed by atoms with Crippen LogP contribution in [-0.2, 0) is 0 Å². The highest BCUT2D eigenvalue weighted by Crippen LogP contribution is 2.36. The van der Waals surface area contributed by atoms with E-state index in [9.17, 15) is 4.79 Å². The van der Waals surface area contributed by atoms with E-state index < -0.39 is 0 Å². The van der Waals surface area contributed by atoms with Crippen molar-refractivity contribution < 1.29 is 14.3 Å². The Hall–Kier alpha value is -3.80. The van der Waals surface area contributed by atoms with E-state index in [1.165, 1.54) is 7.11 Å². The van der Waals surface area contributed by atoms with Gasteiger partial charge in [0.1, 0.15) is 11.5 Å². The molecule has 1 amide bonds. The third kappa shape index (κ3) is 7.10. The van der Waals surface area contributed by atoms with Gasteiger partial charge in [0.2, 0.25) is 0 Å². The molecule has 174 valence electrons. The molecule has 0 saturated carbocycles. The van der Waals surface area contributed by atoms with E-state index in [4.69, 9.17) is 38.6 Å². The summed E-state index contributed by atoms with van der Waals surface area (Å²) in [5.41, 5.74) is 2.55. The summed E-state index contributed by atoms with van der Waals surface area (Å²) in [5, 5.41) is 18.3. The van der Waals surface area contributed by atoms with E-state index >= 15 is 0 Å². The van der Waals surface area contributed by atoms with Crippen molar-refractivity contribution in [2.75, 3.05) is 29.7 Å². The van der Waals surface area contributed by atoms with Crippen molar-refractivity contribution >= 4 is 51.9 Å². The molecule has 0 aromatic heterocycles. The third-order valence-corrected chi connectivity index (χ3v) is 5.13. The molecule has 0 aliphatic rings. The lowest BCUT2D eigenvalue weighted by atomic mass is 10.2. The van der Waals surface area contributed by atoms with Gasteiger partial charge in [-0.1, -0.05) is 29.8 Å². The SMILES string of the molecule is COc1cc(OCCCC#N)c(Cl)cc1NC(=S)Nc1ccc(NC(=O)c2ccccc2)cc1. The van der Waals surface area contributed by atoms with Crippen LogP contribution in [0, 0.1) is 11.3 Å². The number of nitrogens with one attached hydrogen (secondary N) is 3. The van der Waals surface area contributed by atoms with E-state index in [2.05, 4.69) is 22.0 Å². The Morgan fingerprint density at radius 2 is 1.68 bits per heavy atom. The van der Waals surface area contributed by atoms with Crippen LogP contribution < -0.4 is 25.4 Å². The van der Waals surface area contributed by atoms with E-state index in [-0.39, 0.29) is 5.91 Å². The largest absolute Gasteiger partial charge is 0.494 e. The van der Waals surface area contributed by atoms with Crippen LogP contribution in [0.1, 0.15) is 23.2 Å². The number of anilines is 3. The average molecular weight is 495 g/mol. The van der Waals surface area contributed by atoms with Crippen LogP contribution in [0.4, 0.5) is 17.1 Å². The van der Waals surface area contributed by atoms with Crippen LogP contribution in [0.25, 0.3) is 0 Å². The lowest BCUT2D eigenvalue weighted by molar-refractivity contribution is 0.102. The lowest BCUT2D eigenvalue weighted by Crippen LogP contribution is -2.19. The highest BCUT2D eigenvalue weighted by atomic mass is 35.5. The molecule has 3 aromatic carbocycles. The zero-order chi connectivity index (χ0) is 24.3. The van der Waals surface area contributed by atoms with Gasteiger partial charge < -0.3 is 25.4 Å². The number of rotatable bonds is 9. The number of thiocarbonyl (C=S) groups is 1. The Kier molecular flexibility index (Phi) is 9.09. The Morgan fingerprint density at radius 1 is 1.00 bits per heavy atom. The summed E-state index contributed by atoms with van der Waals surface area (Å²) < 4.78 is 11.1. The molecule has 3 aromatic rings. The zero-order valence-electron chi connectivity index (χ0n) is 18.4. The smallest absolute Gasteiger partial charge is 0.255 e. The predicted octanol–water partition coefficient (Wildman–Crippen LogP) is 6.09. The first-order chi connectivity index (χ1) is 16.5. The quantitative estimate of drug-likeness (QED) is 0.244. The summed E-state index contributed by atoms with van der Waals surface area (Å²) in [4.78, 5) is 12.3. The van der Waals surface area contributed by atoms with Gasteiger partial charge in [-0.15, -0.1) is 0 Å². The maximum Gasteiger partial charge on any atom is 0.255 e. The van der Waals surface area contributed by atoms with Gasteiger partial charge in [-0.2, -0.15) is 5.26 Å². The maximum atomic E-state index is 12.3. The minimum absolute atomic E-state index is 0.181. The van der Waals surface area contributed by atoms with E-state index in [0.29, 0.717) is 58.0 Å². The van der Waals surface area contributed by atoms with Gasteiger partial charge >= 0.3 is 0 Å². The fourth-order valence-electron chi connectivity index (χ4n) is 2.96. The topological polar surface area (TPSA) is 95.4 Å². The molecule has 3 rings (SSSR count). The molecular weight excluding hydrogens is 472 g/mol. The lowest BCUT2D eigenvalue weighted by Gasteiger charge is -2.16. The molecule has 0 spiro atoms. The first kappa shape index (κ1) is 24.8. The van der Waals surface area contributed by atoms with Gasteiger partial charge in [-0.3, -0.25) is 4.79 Å². The normalized spacial score (nSPS) is 10.0. The van der Waals surface area contributed by atoms with Crippen molar-refractivity contribution in [1.29, 1.82) is 5.26 Å². The van der Waals surface area contributed by atoms with Gasteiger partial charge in [0.05, 0.1) is 30.5 Å². The van der Waals surface area contributed by atoms with Crippen molar-refractivity contribution in [3.63, 3.8) is 0 Å². The van der Waals surface area contributed by atoms with E-state index in [1.54, 1.807) is 48.5 Å². The number of nitrogens with zero attached hydrogens (tertiary/aromatic N) is 1. The average Bonchev–Trinajstić information content (AvgIpc) is 2.84. The Bertz CT molecular complexity index is 1180. The highest BCUT2D eigenvalue weighted by Gasteiger charge is 2.12. The van der Waals surface area contributed by atoms with Crippen molar-refractivity contribution in [3.05, 3.63) is 77.3 Å². The molecule has 0 aliphatic heterocycles. The molecule has 9 heteroatoms. The van der Waals surface area contributed by atoms with Crippen LogP contribution in [0.2, 0.25) is 5.02 Å². The fourth-order valence-corrected chi connectivity index (χ4v) is 3.41. The van der Waals surface area contributed by atoms with Crippen molar-refractivity contribution in [2.45, 2.75) is 12.8 Å². The van der Waals surface area contributed by atoms with Crippen LogP contribution >= 0.6 is 23.8 Å². The first-order valence-corrected chi connectivity index (χ1v) is 11.2. The summed E-state index contributed by atoms with van der Waals surface area (Å²) in [6, 6.07) is 21.6. The number of ether oxygens (including phenoxy) is 2. The summed E-state index contributed by atoms with van der Waals surface area (Å²) in [6.45, 7) is 0.380. The predicted molar refractivity (Wildman–Crippen MR) is 139 cm³/mol. The molecule has 0 heterocycles. The summed E-state index contributed by atoms with van der Waals surface area (Å²) in [6.07, 6.45) is 1.02. The number of hydrogen-bond donors (Lipinski definition) is 3. The van der Waals surface area contributed by atoms with E-state index in [1.807, 2.05) is 18.2 Å². The number of halogens is 1. The Balaban J connectivity index is 1.59. The number of benzene rings is 3. The molecule has 34 heavy (non-hydrogen) atoms. The van der Waals surface area contributed by atoms with Crippen molar-refractivity contribution in [3.8, 4) is 17.6 Å². The molecule has 0 radical (unpaired) electrons. The molecule has 7 nitrogen and oxygen atoms in total. The van der Waals surface area contributed by atoms with E-state index in [0.717, 1.165) is 5.69 Å². The summed E-state index contributed by atoms with van der Waals surface area (Å²) >= 11 is 11.7. The van der Waals surface area contributed by atoms with Gasteiger partial charge in [0, 0.05) is 29.4 Å². The molecule has 3 N–H and O–H groups in total. The number of unbranched alkanes of at least 4 members (excludes halogenated alkanes) is 1. The van der Waals surface area contributed by atoms with Gasteiger partial charge in [0.15, 0.2) is 5.11 Å². The highest BCUT2D eigenvalue weighted by molar-refractivity contribution is 7.80. The van der Waals surface area contributed by atoms with Crippen LogP contribution in [0.3, 0.4) is 0 Å². The number of methoxy groups -OCH3 is 1. The second kappa shape index (κ2) is 12.4. The van der Waals surface area contributed by atoms with Crippen molar-refractivity contribution in [1.82, 2.24) is 0 Å². The van der Waals surface area contributed by atoms with Crippen LogP contribution in [-0.4, -0.2) is 24.7 Å². The summed E-state index contributed by atoms with van der Waals surface area (Å²) in [5.74, 6) is 0.789.